The fourth-order valence-corrected chi connectivity index (χ4v) is 2.30. The molecule has 6 nitrogen and oxygen atoms in total. The number of carbonyl (C=O) groups excluding carboxylic acids is 2. The molecule has 0 fully saturated rings. The maximum Gasteiger partial charge on any atom is 0.260 e. The van der Waals surface area contributed by atoms with Gasteiger partial charge in [-0.05, 0) is 6.92 Å². The van der Waals surface area contributed by atoms with Crippen LogP contribution in [-0.4, -0.2) is 25.4 Å². The normalized spacial score (nSPS) is 9.88. The quantitative estimate of drug-likeness (QED) is 0.605. The van der Waals surface area contributed by atoms with Crippen molar-refractivity contribution in [1.82, 2.24) is 5.32 Å². The number of hydrogen-bond acceptors (Lipinski definition) is 5. The van der Waals surface area contributed by atoms with Gasteiger partial charge in [-0.2, -0.15) is 0 Å². The number of thiophene rings is 1. The number of carbonyl (C=O) groups is 2. The van der Waals surface area contributed by atoms with E-state index < -0.39 is 5.91 Å². The van der Waals surface area contributed by atoms with E-state index in [1.807, 2.05) is 6.92 Å². The zero-order valence-corrected chi connectivity index (χ0v) is 9.90. The molecule has 0 radical (unpaired) electrons. The van der Waals surface area contributed by atoms with Crippen LogP contribution in [0, 0.1) is 0 Å². The molecule has 1 rings (SSSR count). The van der Waals surface area contributed by atoms with Gasteiger partial charge in [0, 0.05) is 13.6 Å². The van der Waals surface area contributed by atoms with Crippen molar-refractivity contribution >= 4 is 33.8 Å². The molecular weight excluding hydrogens is 228 g/mol. The third-order valence-electron chi connectivity index (χ3n) is 1.96. The highest BCUT2D eigenvalue weighted by atomic mass is 32.1. The van der Waals surface area contributed by atoms with Gasteiger partial charge in [0.1, 0.15) is 9.88 Å². The van der Waals surface area contributed by atoms with Gasteiger partial charge in [0.15, 0.2) is 0 Å². The van der Waals surface area contributed by atoms with E-state index in [1.165, 1.54) is 7.05 Å². The van der Waals surface area contributed by atoms with Crippen LogP contribution in [0.2, 0.25) is 0 Å². The Morgan fingerprint density at radius 1 is 1.44 bits per heavy atom. The second-order valence-electron chi connectivity index (χ2n) is 3.02. The molecule has 0 bridgehead atoms. The van der Waals surface area contributed by atoms with E-state index in [9.17, 15) is 9.59 Å². The van der Waals surface area contributed by atoms with Crippen molar-refractivity contribution in [2.75, 3.05) is 24.6 Å². The van der Waals surface area contributed by atoms with Crippen LogP contribution in [-0.2, 0) is 0 Å². The second-order valence-corrected chi connectivity index (χ2v) is 4.04. The molecule has 6 N–H and O–H groups in total. The van der Waals surface area contributed by atoms with Gasteiger partial charge in [-0.3, -0.25) is 9.59 Å². The molecule has 0 aromatic carbocycles. The number of primary amides is 1. The van der Waals surface area contributed by atoms with Crippen LogP contribution in [0.5, 0.6) is 0 Å². The van der Waals surface area contributed by atoms with Crippen molar-refractivity contribution in [2.45, 2.75) is 6.92 Å². The summed E-state index contributed by atoms with van der Waals surface area (Å²) >= 11 is 1.09. The molecule has 1 aromatic rings. The first kappa shape index (κ1) is 12.3. The fourth-order valence-electron chi connectivity index (χ4n) is 1.26. The van der Waals surface area contributed by atoms with E-state index >= 15 is 0 Å². The monoisotopic (exact) mass is 242 g/mol. The minimum absolute atomic E-state index is 0.132. The molecule has 1 aromatic heterocycles. The molecular formula is C9H14N4O2S. The summed E-state index contributed by atoms with van der Waals surface area (Å²) in [5.74, 6) is -0.964. The van der Waals surface area contributed by atoms with Crippen LogP contribution >= 0.6 is 11.3 Å². The number of nitrogens with one attached hydrogen (secondary N) is 2. The average Bonchev–Trinajstić information content (AvgIpc) is 2.55. The molecule has 0 aliphatic rings. The molecule has 0 unspecified atom stereocenters. The van der Waals surface area contributed by atoms with Gasteiger partial charge >= 0.3 is 0 Å². The zero-order valence-electron chi connectivity index (χ0n) is 9.09. The Balaban J connectivity index is 3.31. The number of anilines is 2. The van der Waals surface area contributed by atoms with Crippen LogP contribution in [0.3, 0.4) is 0 Å². The lowest BCUT2D eigenvalue weighted by Gasteiger charge is -2.04. The largest absolute Gasteiger partial charge is 0.397 e. The summed E-state index contributed by atoms with van der Waals surface area (Å²) in [5.41, 5.74) is 11.3. The van der Waals surface area contributed by atoms with E-state index in [2.05, 4.69) is 10.6 Å². The van der Waals surface area contributed by atoms with Gasteiger partial charge in [0.2, 0.25) is 0 Å². The third-order valence-corrected chi connectivity index (χ3v) is 3.14. The molecule has 0 aliphatic heterocycles. The maximum absolute atomic E-state index is 11.6. The van der Waals surface area contributed by atoms with Crippen molar-refractivity contribution in [3.05, 3.63) is 10.4 Å². The second kappa shape index (κ2) is 4.84. The molecule has 0 saturated heterocycles. The highest BCUT2D eigenvalue weighted by molar-refractivity contribution is 7.19. The highest BCUT2D eigenvalue weighted by Crippen LogP contribution is 2.35. The van der Waals surface area contributed by atoms with E-state index in [0.717, 1.165) is 11.3 Å². The summed E-state index contributed by atoms with van der Waals surface area (Å²) in [7, 11) is 1.50. The fraction of sp³-hybridized carbons (Fsp3) is 0.333. The van der Waals surface area contributed by atoms with Crippen LogP contribution in [0.25, 0.3) is 0 Å². The summed E-state index contributed by atoms with van der Waals surface area (Å²) in [4.78, 5) is 22.9. The van der Waals surface area contributed by atoms with Crippen LogP contribution in [0.15, 0.2) is 0 Å². The standard InChI is InChI=1S/C9H14N4O2S/c1-3-13-9-4(8(15)12-2)5(10)6(16-9)7(11)14/h13H,3,10H2,1-2H3,(H2,11,14)(H,12,15). The zero-order chi connectivity index (χ0) is 12.3. The van der Waals surface area contributed by atoms with Crippen molar-refractivity contribution < 1.29 is 9.59 Å². The number of nitrogens with two attached hydrogens (primary N) is 2. The Labute approximate surface area is 97.0 Å². The number of rotatable bonds is 4. The first-order valence-electron chi connectivity index (χ1n) is 4.70. The Morgan fingerprint density at radius 3 is 2.50 bits per heavy atom. The third kappa shape index (κ3) is 2.08. The smallest absolute Gasteiger partial charge is 0.260 e. The molecule has 0 aliphatic carbocycles. The van der Waals surface area contributed by atoms with E-state index in [0.29, 0.717) is 11.5 Å². The lowest BCUT2D eigenvalue weighted by atomic mass is 10.2. The molecule has 0 spiro atoms. The summed E-state index contributed by atoms with van der Waals surface area (Å²) in [6.07, 6.45) is 0. The van der Waals surface area contributed by atoms with Gasteiger partial charge in [0.25, 0.3) is 11.8 Å². The Morgan fingerprint density at radius 2 is 2.06 bits per heavy atom. The lowest BCUT2D eigenvalue weighted by molar-refractivity contribution is 0.0965. The van der Waals surface area contributed by atoms with E-state index in [1.54, 1.807) is 0 Å². The first-order chi connectivity index (χ1) is 7.52. The summed E-state index contributed by atoms with van der Waals surface area (Å²) in [6.45, 7) is 2.51. The molecule has 0 atom stereocenters. The van der Waals surface area contributed by atoms with Gasteiger partial charge in [-0.25, -0.2) is 0 Å². The summed E-state index contributed by atoms with van der Waals surface area (Å²) < 4.78 is 0. The van der Waals surface area contributed by atoms with Crippen LogP contribution in [0.1, 0.15) is 27.0 Å². The van der Waals surface area contributed by atoms with Crippen LogP contribution in [0.4, 0.5) is 10.7 Å². The van der Waals surface area contributed by atoms with E-state index in [4.69, 9.17) is 11.5 Å². The van der Waals surface area contributed by atoms with Gasteiger partial charge in [-0.1, -0.05) is 0 Å². The average molecular weight is 242 g/mol. The van der Waals surface area contributed by atoms with Gasteiger partial charge in [-0.15, -0.1) is 11.3 Å². The maximum atomic E-state index is 11.6. The highest BCUT2D eigenvalue weighted by Gasteiger charge is 2.23. The minimum atomic E-state index is -0.628. The summed E-state index contributed by atoms with van der Waals surface area (Å²) in [6, 6.07) is 0. The van der Waals surface area contributed by atoms with Gasteiger partial charge in [0.05, 0.1) is 11.3 Å². The molecule has 0 saturated carbocycles. The molecule has 7 heteroatoms. The number of hydrogen-bond donors (Lipinski definition) is 4. The van der Waals surface area contributed by atoms with Crippen LogP contribution < -0.4 is 22.1 Å². The van der Waals surface area contributed by atoms with E-state index in [-0.39, 0.29) is 22.0 Å². The topological polar surface area (TPSA) is 110 Å². The first-order valence-corrected chi connectivity index (χ1v) is 5.52. The predicted octanol–water partition coefficient (Wildman–Crippen LogP) is 0.221. The SMILES string of the molecule is CCNc1sc(C(N)=O)c(N)c1C(=O)NC. The number of nitrogen functional groups attached to an aromatic ring is 1. The molecule has 1 heterocycles. The van der Waals surface area contributed by atoms with Crippen molar-refractivity contribution in [3.8, 4) is 0 Å². The van der Waals surface area contributed by atoms with Gasteiger partial charge < -0.3 is 22.1 Å². The number of amides is 2. The Kier molecular flexibility index (Phi) is 3.73. The Bertz CT molecular complexity index is 427. The summed E-state index contributed by atoms with van der Waals surface area (Å²) in [5, 5.41) is 6.01. The minimum Gasteiger partial charge on any atom is -0.397 e. The molecule has 2 amide bonds. The lowest BCUT2D eigenvalue weighted by Crippen LogP contribution is -2.20. The van der Waals surface area contributed by atoms with Crippen molar-refractivity contribution in [1.29, 1.82) is 0 Å². The molecule has 88 valence electrons. The molecule has 16 heavy (non-hydrogen) atoms. The van der Waals surface area contributed by atoms with Crippen molar-refractivity contribution in [2.24, 2.45) is 5.73 Å². The van der Waals surface area contributed by atoms with Crippen molar-refractivity contribution in [3.63, 3.8) is 0 Å². The predicted molar refractivity (Wildman–Crippen MR) is 64.8 cm³/mol. The Hall–Kier alpha value is -1.76.